The van der Waals surface area contributed by atoms with Crippen molar-refractivity contribution in [2.24, 2.45) is 0 Å². The number of methoxy groups -OCH3 is 1. The lowest BCUT2D eigenvalue weighted by Crippen LogP contribution is -2.51. The number of carbonyl (C=O) groups excluding carboxylic acids is 2. The monoisotopic (exact) mass is 342 g/mol. The van der Waals surface area contributed by atoms with Crippen LogP contribution in [0.15, 0.2) is 42.6 Å². The van der Waals surface area contributed by atoms with Gasteiger partial charge in [0, 0.05) is 19.3 Å². The molecule has 2 aromatic rings. The maximum atomic E-state index is 12.3. The Hall–Kier alpha value is -3.29. The predicted molar refractivity (Wildman–Crippen MR) is 90.9 cm³/mol. The molecule has 3 amide bonds. The number of ether oxygens (including phenoxy) is 2. The van der Waals surface area contributed by atoms with Crippen LogP contribution in [-0.4, -0.2) is 48.6 Å². The van der Waals surface area contributed by atoms with E-state index in [-0.39, 0.29) is 24.4 Å². The molecule has 2 N–H and O–H groups in total. The van der Waals surface area contributed by atoms with Gasteiger partial charge in [0.15, 0.2) is 0 Å². The number of benzene rings is 1. The topological polar surface area (TPSA) is 92.8 Å². The molecule has 1 saturated heterocycles. The molecule has 0 aliphatic carbocycles. The zero-order valence-corrected chi connectivity index (χ0v) is 13.7. The van der Waals surface area contributed by atoms with Crippen LogP contribution >= 0.6 is 0 Å². The number of urea groups is 1. The zero-order valence-electron chi connectivity index (χ0n) is 13.7. The van der Waals surface area contributed by atoms with E-state index < -0.39 is 0 Å². The van der Waals surface area contributed by atoms with Gasteiger partial charge >= 0.3 is 6.03 Å². The third kappa shape index (κ3) is 4.17. The second-order valence-corrected chi connectivity index (χ2v) is 5.34. The summed E-state index contributed by atoms with van der Waals surface area (Å²) in [6, 6.07) is 10.0. The minimum Gasteiger partial charge on any atom is -0.497 e. The van der Waals surface area contributed by atoms with Gasteiger partial charge < -0.3 is 25.0 Å². The fourth-order valence-electron chi connectivity index (χ4n) is 2.33. The molecule has 0 radical (unpaired) electrons. The van der Waals surface area contributed by atoms with E-state index >= 15 is 0 Å². The van der Waals surface area contributed by atoms with Crippen LogP contribution in [0.1, 0.15) is 0 Å². The number of rotatable bonds is 4. The van der Waals surface area contributed by atoms with E-state index in [1.807, 2.05) is 0 Å². The molecular weight excluding hydrogens is 324 g/mol. The van der Waals surface area contributed by atoms with Crippen molar-refractivity contribution in [3.8, 4) is 17.4 Å². The van der Waals surface area contributed by atoms with Crippen molar-refractivity contribution in [2.75, 3.05) is 32.1 Å². The van der Waals surface area contributed by atoms with Crippen LogP contribution in [0.5, 0.6) is 17.4 Å². The number of pyridine rings is 1. The Balaban J connectivity index is 1.71. The Bertz CT molecular complexity index is 763. The first-order valence-corrected chi connectivity index (χ1v) is 7.75. The summed E-state index contributed by atoms with van der Waals surface area (Å²) in [5.74, 6) is 1.36. The third-order valence-corrected chi connectivity index (χ3v) is 3.61. The molecule has 3 rings (SSSR count). The molecule has 0 unspecified atom stereocenters. The highest BCUT2D eigenvalue weighted by molar-refractivity contribution is 5.93. The molecule has 1 aliphatic heterocycles. The molecule has 0 spiro atoms. The van der Waals surface area contributed by atoms with Gasteiger partial charge in [-0.05, 0) is 36.4 Å². The van der Waals surface area contributed by atoms with Gasteiger partial charge in [-0.2, -0.15) is 0 Å². The van der Waals surface area contributed by atoms with Crippen molar-refractivity contribution >= 4 is 17.6 Å². The fourth-order valence-corrected chi connectivity index (χ4v) is 2.33. The van der Waals surface area contributed by atoms with Crippen molar-refractivity contribution in [3.63, 3.8) is 0 Å². The normalized spacial score (nSPS) is 13.8. The molecule has 2 heterocycles. The molecular formula is C17H18N4O4. The van der Waals surface area contributed by atoms with Gasteiger partial charge in [-0.25, -0.2) is 9.78 Å². The first kappa shape index (κ1) is 16.6. The number of amides is 3. The van der Waals surface area contributed by atoms with Gasteiger partial charge in [0.05, 0.1) is 7.11 Å². The van der Waals surface area contributed by atoms with E-state index in [0.717, 1.165) is 0 Å². The SMILES string of the molecule is COc1ccc(Oc2ncccc2NC(=O)N2CCNC(=O)C2)cc1. The van der Waals surface area contributed by atoms with Gasteiger partial charge in [0.1, 0.15) is 23.7 Å². The Kier molecular flexibility index (Phi) is 4.98. The number of hydrogen-bond donors (Lipinski definition) is 2. The fraction of sp³-hybridized carbons (Fsp3) is 0.235. The predicted octanol–water partition coefficient (Wildman–Crippen LogP) is 1.85. The van der Waals surface area contributed by atoms with E-state index in [1.54, 1.807) is 49.7 Å². The van der Waals surface area contributed by atoms with Gasteiger partial charge in [-0.1, -0.05) is 0 Å². The van der Waals surface area contributed by atoms with Crippen molar-refractivity contribution in [3.05, 3.63) is 42.6 Å². The van der Waals surface area contributed by atoms with Crippen LogP contribution in [0, 0.1) is 0 Å². The molecule has 0 saturated carbocycles. The molecule has 1 aromatic carbocycles. The smallest absolute Gasteiger partial charge is 0.322 e. The summed E-state index contributed by atoms with van der Waals surface area (Å²) < 4.78 is 10.8. The minimum atomic E-state index is -0.373. The summed E-state index contributed by atoms with van der Waals surface area (Å²) in [4.78, 5) is 29.3. The molecule has 1 fully saturated rings. The highest BCUT2D eigenvalue weighted by Crippen LogP contribution is 2.28. The molecule has 1 aromatic heterocycles. The van der Waals surface area contributed by atoms with Crippen molar-refractivity contribution in [1.82, 2.24) is 15.2 Å². The van der Waals surface area contributed by atoms with Crippen LogP contribution in [0.2, 0.25) is 0 Å². The number of nitrogens with zero attached hydrogens (tertiary/aromatic N) is 2. The summed E-state index contributed by atoms with van der Waals surface area (Å²) in [5.41, 5.74) is 0.425. The van der Waals surface area contributed by atoms with Crippen LogP contribution in [0.4, 0.5) is 10.5 Å². The van der Waals surface area contributed by atoms with E-state index in [9.17, 15) is 9.59 Å². The van der Waals surface area contributed by atoms with E-state index in [4.69, 9.17) is 9.47 Å². The van der Waals surface area contributed by atoms with Crippen LogP contribution in [0.3, 0.4) is 0 Å². The third-order valence-electron chi connectivity index (χ3n) is 3.61. The molecule has 8 nitrogen and oxygen atoms in total. The van der Waals surface area contributed by atoms with Crippen molar-refractivity contribution in [1.29, 1.82) is 0 Å². The Labute approximate surface area is 144 Å². The molecule has 130 valence electrons. The number of hydrogen-bond acceptors (Lipinski definition) is 5. The molecule has 8 heteroatoms. The maximum absolute atomic E-state index is 12.3. The van der Waals surface area contributed by atoms with E-state index in [2.05, 4.69) is 15.6 Å². The molecule has 1 aliphatic rings. The second kappa shape index (κ2) is 7.52. The van der Waals surface area contributed by atoms with Crippen LogP contribution < -0.4 is 20.1 Å². The lowest BCUT2D eigenvalue weighted by molar-refractivity contribution is -0.123. The largest absolute Gasteiger partial charge is 0.497 e. The van der Waals surface area contributed by atoms with Crippen molar-refractivity contribution < 1.29 is 19.1 Å². The Morgan fingerprint density at radius 2 is 2.00 bits per heavy atom. The van der Waals surface area contributed by atoms with Gasteiger partial charge in [-0.15, -0.1) is 0 Å². The minimum absolute atomic E-state index is 0.0285. The molecule has 0 bridgehead atoms. The van der Waals surface area contributed by atoms with Gasteiger partial charge in [-0.3, -0.25) is 4.79 Å². The summed E-state index contributed by atoms with van der Waals surface area (Å²) in [5, 5.41) is 5.41. The van der Waals surface area contributed by atoms with E-state index in [1.165, 1.54) is 4.90 Å². The lowest BCUT2D eigenvalue weighted by atomic mass is 10.3. The van der Waals surface area contributed by atoms with Gasteiger partial charge in [0.25, 0.3) is 0 Å². The first-order chi connectivity index (χ1) is 12.2. The average Bonchev–Trinajstić information content (AvgIpc) is 2.64. The number of piperazine rings is 1. The first-order valence-electron chi connectivity index (χ1n) is 7.75. The summed E-state index contributed by atoms with van der Waals surface area (Å²) in [6.07, 6.45) is 1.57. The second-order valence-electron chi connectivity index (χ2n) is 5.34. The molecule has 0 atom stereocenters. The van der Waals surface area contributed by atoms with Crippen molar-refractivity contribution in [2.45, 2.75) is 0 Å². The summed E-state index contributed by atoms with van der Waals surface area (Å²) >= 11 is 0. The molecule has 25 heavy (non-hydrogen) atoms. The number of carbonyl (C=O) groups is 2. The van der Waals surface area contributed by atoms with Crippen LogP contribution in [0.25, 0.3) is 0 Å². The van der Waals surface area contributed by atoms with Crippen LogP contribution in [-0.2, 0) is 4.79 Å². The summed E-state index contributed by atoms with van der Waals surface area (Å²) in [6.45, 7) is 0.918. The highest BCUT2D eigenvalue weighted by Gasteiger charge is 2.22. The Morgan fingerprint density at radius 3 is 2.72 bits per heavy atom. The number of anilines is 1. The Morgan fingerprint density at radius 1 is 1.24 bits per heavy atom. The lowest BCUT2D eigenvalue weighted by Gasteiger charge is -2.26. The standard InChI is InChI=1S/C17H18N4O4/c1-24-12-4-6-13(7-5-12)25-16-14(3-2-8-19-16)20-17(23)21-10-9-18-15(22)11-21/h2-8H,9-11H2,1H3,(H,18,22)(H,20,23). The number of aromatic nitrogens is 1. The van der Waals surface area contributed by atoms with Gasteiger partial charge in [0.2, 0.25) is 11.8 Å². The van der Waals surface area contributed by atoms with E-state index in [0.29, 0.717) is 30.3 Å². The number of nitrogens with one attached hydrogen (secondary N) is 2. The average molecular weight is 342 g/mol. The quantitative estimate of drug-likeness (QED) is 0.884. The highest BCUT2D eigenvalue weighted by atomic mass is 16.5. The zero-order chi connectivity index (χ0) is 17.6. The summed E-state index contributed by atoms with van der Waals surface area (Å²) in [7, 11) is 1.59. The maximum Gasteiger partial charge on any atom is 0.322 e.